The third kappa shape index (κ3) is 4.53. The first-order valence-electron chi connectivity index (χ1n) is 7.90. The fourth-order valence-corrected chi connectivity index (χ4v) is 2.82. The van der Waals surface area contributed by atoms with E-state index < -0.39 is 6.04 Å². The van der Waals surface area contributed by atoms with Crippen LogP contribution in [0.15, 0.2) is 24.3 Å². The summed E-state index contributed by atoms with van der Waals surface area (Å²) in [4.78, 5) is 27.6. The van der Waals surface area contributed by atoms with Crippen LogP contribution in [0.4, 0.5) is 0 Å². The van der Waals surface area contributed by atoms with Crippen LogP contribution in [0.1, 0.15) is 19.4 Å². The van der Waals surface area contributed by atoms with Crippen LogP contribution in [0.25, 0.3) is 0 Å². The molecule has 1 aliphatic rings. The van der Waals surface area contributed by atoms with Gasteiger partial charge in [0.25, 0.3) is 0 Å². The highest BCUT2D eigenvalue weighted by atomic mass is 35.5. The molecule has 0 aliphatic carbocycles. The van der Waals surface area contributed by atoms with Crippen molar-refractivity contribution in [1.82, 2.24) is 9.80 Å². The van der Waals surface area contributed by atoms with Crippen LogP contribution < -0.4 is 5.73 Å². The number of hydrogen-bond donors (Lipinski definition) is 1. The molecule has 6 heteroatoms. The fourth-order valence-electron chi connectivity index (χ4n) is 2.69. The number of carbonyl (C=O) groups is 2. The zero-order valence-electron chi connectivity index (χ0n) is 13.6. The summed E-state index contributed by atoms with van der Waals surface area (Å²) in [6.07, 6.45) is 0.913. The van der Waals surface area contributed by atoms with Crippen molar-refractivity contribution in [2.45, 2.75) is 32.5 Å². The molecule has 1 aliphatic heterocycles. The predicted molar refractivity (Wildman–Crippen MR) is 91.1 cm³/mol. The van der Waals surface area contributed by atoms with E-state index >= 15 is 0 Å². The molecule has 2 rings (SSSR count). The summed E-state index contributed by atoms with van der Waals surface area (Å²) in [5.41, 5.74) is 7.04. The van der Waals surface area contributed by atoms with Gasteiger partial charge in [0, 0.05) is 31.2 Å². The van der Waals surface area contributed by atoms with Crippen molar-refractivity contribution in [3.8, 4) is 0 Å². The van der Waals surface area contributed by atoms with Crippen molar-refractivity contribution >= 4 is 23.8 Å². The van der Waals surface area contributed by atoms with E-state index in [1.807, 2.05) is 38.1 Å². The maximum absolute atomic E-state index is 12.4. The number of benzene rings is 1. The molecule has 5 nitrogen and oxygen atoms in total. The Hall–Kier alpha value is -1.43. The highest BCUT2D eigenvalue weighted by molar-refractivity contribution is 6.30. The number of rotatable bonds is 5. The SMILES string of the molecule is CC(C)[C@@H](N)C(=O)N1CCN(Cc2ccc(Cl)cc2)C(C=O)C1. The van der Waals surface area contributed by atoms with Gasteiger partial charge in [-0.15, -0.1) is 0 Å². The van der Waals surface area contributed by atoms with Gasteiger partial charge in [0.15, 0.2) is 0 Å². The molecule has 23 heavy (non-hydrogen) atoms. The zero-order valence-corrected chi connectivity index (χ0v) is 14.4. The average Bonchev–Trinajstić information content (AvgIpc) is 2.55. The lowest BCUT2D eigenvalue weighted by Crippen LogP contribution is -2.58. The molecule has 0 saturated carbocycles. The van der Waals surface area contributed by atoms with E-state index in [4.69, 9.17) is 17.3 Å². The second-order valence-electron chi connectivity index (χ2n) is 6.35. The first kappa shape index (κ1) is 17.9. The van der Waals surface area contributed by atoms with Gasteiger partial charge in [0.1, 0.15) is 6.29 Å². The lowest BCUT2D eigenvalue weighted by molar-refractivity contribution is -0.137. The van der Waals surface area contributed by atoms with E-state index in [1.54, 1.807) is 4.90 Å². The Bertz CT molecular complexity index is 547. The minimum atomic E-state index is -0.509. The van der Waals surface area contributed by atoms with Gasteiger partial charge in [-0.1, -0.05) is 37.6 Å². The van der Waals surface area contributed by atoms with Crippen molar-refractivity contribution in [3.05, 3.63) is 34.9 Å². The lowest BCUT2D eigenvalue weighted by atomic mass is 10.0. The van der Waals surface area contributed by atoms with Crippen molar-refractivity contribution < 1.29 is 9.59 Å². The van der Waals surface area contributed by atoms with E-state index in [0.717, 1.165) is 11.8 Å². The molecule has 0 radical (unpaired) electrons. The van der Waals surface area contributed by atoms with Gasteiger partial charge in [-0.3, -0.25) is 9.69 Å². The van der Waals surface area contributed by atoms with E-state index in [-0.39, 0.29) is 17.9 Å². The first-order chi connectivity index (χ1) is 10.9. The van der Waals surface area contributed by atoms with Gasteiger partial charge in [-0.05, 0) is 23.6 Å². The molecular formula is C17H24ClN3O2. The monoisotopic (exact) mass is 337 g/mol. The van der Waals surface area contributed by atoms with Crippen LogP contribution in [0.2, 0.25) is 5.02 Å². The number of hydrogen-bond acceptors (Lipinski definition) is 4. The number of halogens is 1. The smallest absolute Gasteiger partial charge is 0.239 e. The molecule has 1 amide bonds. The summed E-state index contributed by atoms with van der Waals surface area (Å²) in [5, 5.41) is 0.693. The van der Waals surface area contributed by atoms with Crippen LogP contribution in [0.3, 0.4) is 0 Å². The maximum Gasteiger partial charge on any atom is 0.239 e. The van der Waals surface area contributed by atoms with Gasteiger partial charge < -0.3 is 15.4 Å². The molecule has 1 fully saturated rings. The van der Waals surface area contributed by atoms with Crippen molar-refractivity contribution in [3.63, 3.8) is 0 Å². The third-order valence-corrected chi connectivity index (χ3v) is 4.56. The molecule has 0 spiro atoms. The molecule has 1 heterocycles. The van der Waals surface area contributed by atoms with Crippen molar-refractivity contribution in [2.75, 3.05) is 19.6 Å². The van der Waals surface area contributed by atoms with Gasteiger partial charge >= 0.3 is 0 Å². The molecule has 2 N–H and O–H groups in total. The van der Waals surface area contributed by atoms with Crippen LogP contribution in [0.5, 0.6) is 0 Å². The predicted octanol–water partition coefficient (Wildman–Crippen LogP) is 1.54. The molecule has 2 atom stereocenters. The summed E-state index contributed by atoms with van der Waals surface area (Å²) in [6, 6.07) is 6.78. The Morgan fingerprint density at radius 2 is 2.00 bits per heavy atom. The maximum atomic E-state index is 12.4. The second-order valence-corrected chi connectivity index (χ2v) is 6.79. The van der Waals surface area contributed by atoms with Crippen molar-refractivity contribution in [1.29, 1.82) is 0 Å². The van der Waals surface area contributed by atoms with E-state index in [0.29, 0.717) is 31.2 Å². The molecular weight excluding hydrogens is 314 g/mol. The fraction of sp³-hybridized carbons (Fsp3) is 0.529. The average molecular weight is 338 g/mol. The zero-order chi connectivity index (χ0) is 17.0. The van der Waals surface area contributed by atoms with E-state index in [1.165, 1.54) is 0 Å². The van der Waals surface area contributed by atoms with E-state index in [2.05, 4.69) is 4.90 Å². The summed E-state index contributed by atoms with van der Waals surface area (Å²) in [5.74, 6) is 0.0160. The number of piperazine rings is 1. The standard InChI is InChI=1S/C17H24ClN3O2/c1-12(2)16(19)17(23)21-8-7-20(15(10-21)11-22)9-13-3-5-14(18)6-4-13/h3-6,11-12,15-16H,7-10,19H2,1-2H3/t15?,16-/m1/s1. The molecule has 1 aromatic carbocycles. The van der Waals surface area contributed by atoms with Crippen LogP contribution in [-0.4, -0.2) is 53.7 Å². The molecule has 1 aromatic rings. The highest BCUT2D eigenvalue weighted by Crippen LogP contribution is 2.16. The molecule has 0 aromatic heterocycles. The quantitative estimate of drug-likeness (QED) is 0.828. The molecule has 126 valence electrons. The van der Waals surface area contributed by atoms with Gasteiger partial charge in [-0.25, -0.2) is 0 Å². The summed E-state index contributed by atoms with van der Waals surface area (Å²) < 4.78 is 0. The largest absolute Gasteiger partial charge is 0.338 e. The topological polar surface area (TPSA) is 66.6 Å². The lowest BCUT2D eigenvalue weighted by Gasteiger charge is -2.40. The summed E-state index contributed by atoms with van der Waals surface area (Å²) >= 11 is 5.89. The van der Waals surface area contributed by atoms with Crippen LogP contribution in [0, 0.1) is 5.92 Å². The molecule has 1 saturated heterocycles. The number of carbonyl (C=O) groups excluding carboxylic acids is 2. The Morgan fingerprint density at radius 3 is 2.57 bits per heavy atom. The molecule has 1 unspecified atom stereocenters. The first-order valence-corrected chi connectivity index (χ1v) is 8.28. The van der Waals surface area contributed by atoms with Gasteiger partial charge in [-0.2, -0.15) is 0 Å². The summed E-state index contributed by atoms with van der Waals surface area (Å²) in [7, 11) is 0. The number of nitrogens with zero attached hydrogens (tertiary/aromatic N) is 2. The Labute approximate surface area is 142 Å². The minimum absolute atomic E-state index is 0.0713. The number of amides is 1. The minimum Gasteiger partial charge on any atom is -0.338 e. The Balaban J connectivity index is 2.00. The van der Waals surface area contributed by atoms with E-state index in [9.17, 15) is 9.59 Å². The Morgan fingerprint density at radius 1 is 1.35 bits per heavy atom. The normalized spacial score (nSPS) is 20.6. The highest BCUT2D eigenvalue weighted by Gasteiger charge is 2.32. The number of nitrogens with two attached hydrogens (primary N) is 1. The third-order valence-electron chi connectivity index (χ3n) is 4.30. The Kier molecular flexibility index (Phi) is 6.16. The van der Waals surface area contributed by atoms with Crippen molar-refractivity contribution in [2.24, 2.45) is 11.7 Å². The summed E-state index contributed by atoms with van der Waals surface area (Å²) in [6.45, 7) is 6.17. The number of aldehydes is 1. The van der Waals surface area contributed by atoms with Gasteiger partial charge in [0.2, 0.25) is 5.91 Å². The van der Waals surface area contributed by atoms with Gasteiger partial charge in [0.05, 0.1) is 12.1 Å². The van der Waals surface area contributed by atoms with Crippen LogP contribution in [-0.2, 0) is 16.1 Å². The molecule has 0 bridgehead atoms. The second kappa shape index (κ2) is 7.90. The van der Waals surface area contributed by atoms with Crippen LogP contribution >= 0.6 is 11.6 Å².